The van der Waals surface area contributed by atoms with E-state index < -0.39 is 5.60 Å². The molecule has 0 spiro atoms. The fraction of sp³-hybridized carbons (Fsp3) is 0.400. The summed E-state index contributed by atoms with van der Waals surface area (Å²) in [6, 6.07) is 10.1. The lowest BCUT2D eigenvalue weighted by atomic mass is 9.86. The van der Waals surface area contributed by atoms with E-state index in [9.17, 15) is 5.11 Å². The maximum absolute atomic E-state index is 10.7. The van der Waals surface area contributed by atoms with Crippen LogP contribution in [0.1, 0.15) is 24.1 Å². The Kier molecular flexibility index (Phi) is 2.80. The quantitative estimate of drug-likeness (QED) is 0.837. The number of rotatable bonds is 1. The molecule has 0 unspecified atom stereocenters. The number of nitrogens with zero attached hydrogens (tertiary/aromatic N) is 1. The van der Waals surface area contributed by atoms with E-state index in [2.05, 4.69) is 11.1 Å². The second-order valence-corrected chi connectivity index (χ2v) is 5.00. The number of aliphatic hydroxyl groups is 1. The van der Waals surface area contributed by atoms with Crippen LogP contribution < -0.4 is 0 Å². The number of aromatic nitrogens is 1. The van der Waals surface area contributed by atoms with Gasteiger partial charge in [-0.25, -0.2) is 0 Å². The molecule has 3 heteroatoms. The molecule has 2 heterocycles. The first kappa shape index (κ1) is 11.6. The first-order chi connectivity index (χ1) is 8.67. The van der Waals surface area contributed by atoms with Crippen LogP contribution in [0.15, 0.2) is 30.3 Å². The summed E-state index contributed by atoms with van der Waals surface area (Å²) in [4.78, 5) is 4.52. The van der Waals surface area contributed by atoms with Crippen molar-refractivity contribution in [1.82, 2.24) is 4.98 Å². The van der Waals surface area contributed by atoms with Crippen molar-refractivity contribution in [1.29, 1.82) is 0 Å². The highest BCUT2D eigenvalue weighted by Gasteiger charge is 2.31. The van der Waals surface area contributed by atoms with Gasteiger partial charge in [0.25, 0.3) is 0 Å². The van der Waals surface area contributed by atoms with E-state index in [1.165, 1.54) is 0 Å². The summed E-state index contributed by atoms with van der Waals surface area (Å²) < 4.78 is 5.32. The highest BCUT2D eigenvalue weighted by molar-refractivity contribution is 5.79. The first-order valence-electron chi connectivity index (χ1n) is 6.35. The Morgan fingerprint density at radius 3 is 2.67 bits per heavy atom. The summed E-state index contributed by atoms with van der Waals surface area (Å²) in [6.07, 6.45) is 1.31. The molecule has 1 aliphatic heterocycles. The van der Waals surface area contributed by atoms with E-state index in [1.807, 2.05) is 31.2 Å². The molecule has 3 nitrogen and oxygen atoms in total. The minimum atomic E-state index is -0.752. The number of hydrogen-bond donors (Lipinski definition) is 1. The molecule has 1 aromatic heterocycles. The van der Waals surface area contributed by atoms with Crippen LogP contribution in [0.5, 0.6) is 0 Å². The molecule has 1 aliphatic rings. The Labute approximate surface area is 106 Å². The molecule has 0 amide bonds. The fourth-order valence-corrected chi connectivity index (χ4v) is 2.51. The van der Waals surface area contributed by atoms with E-state index in [1.54, 1.807) is 0 Å². The summed E-state index contributed by atoms with van der Waals surface area (Å²) in [6.45, 7) is 3.22. The Bertz CT molecular complexity index is 574. The predicted molar refractivity (Wildman–Crippen MR) is 70.4 cm³/mol. The van der Waals surface area contributed by atoms with Crippen LogP contribution in [0.25, 0.3) is 10.9 Å². The maximum atomic E-state index is 10.7. The van der Waals surface area contributed by atoms with Crippen LogP contribution in [-0.4, -0.2) is 23.3 Å². The lowest BCUT2D eigenvalue weighted by Crippen LogP contribution is -2.33. The number of fused-ring (bicyclic) bond motifs is 1. The number of aryl methyl sites for hydroxylation is 1. The highest BCUT2D eigenvalue weighted by Crippen LogP contribution is 2.33. The van der Waals surface area contributed by atoms with Gasteiger partial charge in [-0.2, -0.15) is 0 Å². The molecule has 2 aromatic rings. The van der Waals surface area contributed by atoms with Crippen molar-refractivity contribution < 1.29 is 9.84 Å². The Morgan fingerprint density at radius 1 is 1.17 bits per heavy atom. The van der Waals surface area contributed by atoms with Gasteiger partial charge in [-0.3, -0.25) is 4.98 Å². The average molecular weight is 243 g/mol. The second kappa shape index (κ2) is 4.34. The Hall–Kier alpha value is -1.45. The molecule has 0 bridgehead atoms. The monoisotopic (exact) mass is 243 g/mol. The smallest absolute Gasteiger partial charge is 0.0941 e. The van der Waals surface area contributed by atoms with E-state index in [0.29, 0.717) is 26.1 Å². The van der Waals surface area contributed by atoms with Gasteiger partial charge in [-0.05, 0) is 24.6 Å². The number of pyridine rings is 1. The van der Waals surface area contributed by atoms with E-state index in [4.69, 9.17) is 4.74 Å². The number of ether oxygens (including phenoxy) is 1. The summed E-state index contributed by atoms with van der Waals surface area (Å²) >= 11 is 0. The maximum Gasteiger partial charge on any atom is 0.0941 e. The SMILES string of the molecule is Cc1ccc2ccc(C3(O)CCOCC3)cc2n1. The first-order valence-corrected chi connectivity index (χ1v) is 6.35. The van der Waals surface area contributed by atoms with Crippen LogP contribution in [0.4, 0.5) is 0 Å². The largest absolute Gasteiger partial charge is 0.385 e. The minimum Gasteiger partial charge on any atom is -0.385 e. The Morgan fingerprint density at radius 2 is 1.89 bits per heavy atom. The van der Waals surface area contributed by atoms with Gasteiger partial charge >= 0.3 is 0 Å². The third-order valence-electron chi connectivity index (χ3n) is 3.69. The fourth-order valence-electron chi connectivity index (χ4n) is 2.51. The summed E-state index contributed by atoms with van der Waals surface area (Å²) in [5, 5.41) is 11.8. The van der Waals surface area contributed by atoms with E-state index in [0.717, 1.165) is 22.2 Å². The van der Waals surface area contributed by atoms with Crippen molar-refractivity contribution in [2.45, 2.75) is 25.4 Å². The topological polar surface area (TPSA) is 42.4 Å². The van der Waals surface area contributed by atoms with Crippen LogP contribution >= 0.6 is 0 Å². The second-order valence-electron chi connectivity index (χ2n) is 5.00. The highest BCUT2D eigenvalue weighted by atomic mass is 16.5. The normalized spacial score (nSPS) is 19.0. The molecule has 18 heavy (non-hydrogen) atoms. The van der Waals surface area contributed by atoms with Gasteiger partial charge in [0.2, 0.25) is 0 Å². The van der Waals surface area contributed by atoms with Crippen molar-refractivity contribution in [2.24, 2.45) is 0 Å². The van der Waals surface area contributed by atoms with Crippen molar-refractivity contribution in [2.75, 3.05) is 13.2 Å². The lowest BCUT2D eigenvalue weighted by Gasteiger charge is -2.32. The molecule has 0 atom stereocenters. The van der Waals surface area contributed by atoms with Crippen molar-refractivity contribution in [3.63, 3.8) is 0 Å². The van der Waals surface area contributed by atoms with Crippen molar-refractivity contribution in [3.8, 4) is 0 Å². The average Bonchev–Trinajstić information content (AvgIpc) is 2.38. The third kappa shape index (κ3) is 2.00. The molecular weight excluding hydrogens is 226 g/mol. The van der Waals surface area contributed by atoms with Gasteiger partial charge in [0.1, 0.15) is 0 Å². The van der Waals surface area contributed by atoms with Crippen LogP contribution in [0.2, 0.25) is 0 Å². The molecule has 0 radical (unpaired) electrons. The Balaban J connectivity index is 2.06. The van der Waals surface area contributed by atoms with Gasteiger partial charge < -0.3 is 9.84 Å². The zero-order chi connectivity index (χ0) is 12.6. The van der Waals surface area contributed by atoms with Crippen molar-refractivity contribution in [3.05, 3.63) is 41.6 Å². The van der Waals surface area contributed by atoms with E-state index in [-0.39, 0.29) is 0 Å². The number of hydrogen-bond acceptors (Lipinski definition) is 3. The zero-order valence-electron chi connectivity index (χ0n) is 10.5. The molecule has 1 N–H and O–H groups in total. The van der Waals surface area contributed by atoms with Gasteiger partial charge in [0, 0.05) is 37.1 Å². The third-order valence-corrected chi connectivity index (χ3v) is 3.69. The van der Waals surface area contributed by atoms with Crippen LogP contribution in [-0.2, 0) is 10.3 Å². The van der Waals surface area contributed by atoms with Gasteiger partial charge in [-0.15, -0.1) is 0 Å². The standard InChI is InChI=1S/C15H17NO2/c1-11-2-3-12-4-5-13(10-14(12)16-11)15(17)6-8-18-9-7-15/h2-5,10,17H,6-9H2,1H3. The molecule has 3 rings (SSSR count). The summed E-state index contributed by atoms with van der Waals surface area (Å²) in [5.74, 6) is 0. The van der Waals surface area contributed by atoms with Crippen LogP contribution in [0.3, 0.4) is 0 Å². The zero-order valence-corrected chi connectivity index (χ0v) is 10.5. The molecular formula is C15H17NO2. The minimum absolute atomic E-state index is 0.621. The molecule has 0 aliphatic carbocycles. The van der Waals surface area contributed by atoms with Gasteiger partial charge in [0.05, 0.1) is 11.1 Å². The summed E-state index contributed by atoms with van der Waals surface area (Å²) in [5.41, 5.74) is 2.15. The molecule has 1 aromatic carbocycles. The van der Waals surface area contributed by atoms with Crippen molar-refractivity contribution >= 4 is 10.9 Å². The molecule has 0 saturated carbocycles. The molecule has 94 valence electrons. The van der Waals surface area contributed by atoms with Crippen LogP contribution in [0, 0.1) is 6.92 Å². The van der Waals surface area contributed by atoms with E-state index >= 15 is 0 Å². The van der Waals surface area contributed by atoms with Gasteiger partial charge in [0.15, 0.2) is 0 Å². The molecule has 1 fully saturated rings. The predicted octanol–water partition coefficient (Wildman–Crippen LogP) is 2.54. The summed E-state index contributed by atoms with van der Waals surface area (Å²) in [7, 11) is 0. The van der Waals surface area contributed by atoms with Gasteiger partial charge in [-0.1, -0.05) is 18.2 Å². The number of benzene rings is 1. The lowest BCUT2D eigenvalue weighted by molar-refractivity contribution is -0.0678. The molecule has 1 saturated heterocycles.